The largest absolute Gasteiger partial charge is 0.447 e. The monoisotopic (exact) mass is 389 g/mol. The van der Waals surface area contributed by atoms with Gasteiger partial charge in [-0.1, -0.05) is 30.3 Å². The number of hydrogen-bond donors (Lipinski definition) is 1. The smallest absolute Gasteiger partial charge is 0.276 e. The zero-order chi connectivity index (χ0) is 18.9. The van der Waals surface area contributed by atoms with Crippen molar-refractivity contribution in [1.29, 1.82) is 0 Å². The van der Waals surface area contributed by atoms with Crippen LogP contribution >= 0.6 is 0 Å². The summed E-state index contributed by atoms with van der Waals surface area (Å²) in [6, 6.07) is 13.8. The lowest BCUT2D eigenvalue weighted by molar-refractivity contribution is 0.272. The maximum atomic E-state index is 12.6. The molecule has 2 fully saturated rings. The minimum absolute atomic E-state index is 0.0635. The van der Waals surface area contributed by atoms with Gasteiger partial charge in [0.05, 0.1) is 6.54 Å². The molecule has 2 N–H and O–H groups in total. The van der Waals surface area contributed by atoms with Crippen LogP contribution in [0.1, 0.15) is 30.1 Å². The minimum Gasteiger partial charge on any atom is -0.447 e. The molecular weight excluding hydrogens is 362 g/mol. The van der Waals surface area contributed by atoms with E-state index in [1.165, 1.54) is 9.87 Å². The Hall–Kier alpha value is -1.67. The third-order valence-electron chi connectivity index (χ3n) is 5.72. The molecule has 2 aliphatic heterocycles. The first-order chi connectivity index (χ1) is 13.1. The molecule has 2 saturated heterocycles. The molecule has 0 aliphatic carbocycles. The Bertz CT molecular complexity index is 860. The van der Waals surface area contributed by atoms with E-state index in [9.17, 15) is 8.42 Å². The van der Waals surface area contributed by atoms with Gasteiger partial charge in [-0.25, -0.2) is 8.42 Å². The zero-order valence-electron chi connectivity index (χ0n) is 15.5. The van der Waals surface area contributed by atoms with Crippen LogP contribution in [-0.2, 0) is 16.6 Å². The van der Waals surface area contributed by atoms with E-state index in [0.29, 0.717) is 43.8 Å². The lowest BCUT2D eigenvalue weighted by Gasteiger charge is -2.16. The third-order valence-corrected chi connectivity index (χ3v) is 7.50. The van der Waals surface area contributed by atoms with Crippen molar-refractivity contribution in [3.8, 4) is 0 Å². The van der Waals surface area contributed by atoms with Crippen LogP contribution in [0.15, 0.2) is 52.0 Å². The second-order valence-electron chi connectivity index (χ2n) is 7.54. The van der Waals surface area contributed by atoms with Gasteiger partial charge in [0.15, 0.2) is 0 Å². The first kappa shape index (κ1) is 18.7. The minimum atomic E-state index is -3.49. The normalized spacial score (nSPS) is 24.6. The van der Waals surface area contributed by atoms with Gasteiger partial charge in [-0.3, -0.25) is 4.90 Å². The molecule has 2 aliphatic rings. The van der Waals surface area contributed by atoms with Crippen LogP contribution in [0.5, 0.6) is 0 Å². The van der Waals surface area contributed by atoms with E-state index in [1.54, 1.807) is 12.1 Å². The molecule has 0 amide bonds. The number of likely N-dealkylation sites (tertiary alicyclic amines) is 1. The Kier molecular flexibility index (Phi) is 5.36. The van der Waals surface area contributed by atoms with Crippen molar-refractivity contribution in [2.45, 2.75) is 30.4 Å². The van der Waals surface area contributed by atoms with Gasteiger partial charge in [0, 0.05) is 32.1 Å². The average Bonchev–Trinajstić information content (AvgIpc) is 3.43. The van der Waals surface area contributed by atoms with Crippen molar-refractivity contribution in [2.75, 3.05) is 32.7 Å². The predicted octanol–water partition coefficient (Wildman–Crippen LogP) is 2.24. The van der Waals surface area contributed by atoms with Gasteiger partial charge in [0.2, 0.25) is 5.09 Å². The van der Waals surface area contributed by atoms with E-state index in [4.69, 9.17) is 10.2 Å². The quantitative estimate of drug-likeness (QED) is 0.820. The Balaban J connectivity index is 1.45. The fourth-order valence-electron chi connectivity index (χ4n) is 4.26. The lowest BCUT2D eigenvalue weighted by atomic mass is 9.89. The molecule has 7 heteroatoms. The van der Waals surface area contributed by atoms with Crippen molar-refractivity contribution in [2.24, 2.45) is 11.7 Å². The number of nitrogens with zero attached hydrogens (tertiary/aromatic N) is 2. The Morgan fingerprint density at radius 1 is 1.04 bits per heavy atom. The van der Waals surface area contributed by atoms with Crippen molar-refractivity contribution in [3.05, 3.63) is 53.8 Å². The number of rotatable bonds is 6. The second-order valence-corrected chi connectivity index (χ2v) is 9.41. The van der Waals surface area contributed by atoms with Gasteiger partial charge >= 0.3 is 0 Å². The van der Waals surface area contributed by atoms with Gasteiger partial charge < -0.3 is 10.2 Å². The van der Waals surface area contributed by atoms with Crippen LogP contribution in [0.2, 0.25) is 0 Å². The molecule has 0 saturated carbocycles. The number of sulfonamides is 1. The first-order valence-electron chi connectivity index (χ1n) is 9.64. The number of nitrogens with two attached hydrogens (primary N) is 1. The first-order valence-corrected chi connectivity index (χ1v) is 11.1. The van der Waals surface area contributed by atoms with E-state index >= 15 is 0 Å². The van der Waals surface area contributed by atoms with Crippen molar-refractivity contribution in [3.63, 3.8) is 0 Å². The molecule has 1 aromatic carbocycles. The SMILES string of the molecule is NC[C@@H]1CN(Cc2ccc(S(=O)(=O)N3CCCC3)o2)C[C@H]1c1ccccc1. The highest BCUT2D eigenvalue weighted by atomic mass is 32.2. The van der Waals surface area contributed by atoms with Gasteiger partial charge in [0.25, 0.3) is 10.0 Å². The Morgan fingerprint density at radius 2 is 1.78 bits per heavy atom. The summed E-state index contributed by atoms with van der Waals surface area (Å²) < 4.78 is 32.5. The zero-order valence-corrected chi connectivity index (χ0v) is 16.3. The molecule has 0 bridgehead atoms. The molecule has 2 atom stereocenters. The maximum Gasteiger partial charge on any atom is 0.276 e. The molecule has 2 aromatic rings. The molecule has 6 nitrogen and oxygen atoms in total. The highest BCUT2D eigenvalue weighted by Gasteiger charge is 2.34. The number of benzene rings is 1. The summed E-state index contributed by atoms with van der Waals surface area (Å²) in [5.74, 6) is 1.49. The van der Waals surface area contributed by atoms with E-state index in [2.05, 4.69) is 29.2 Å². The molecule has 27 heavy (non-hydrogen) atoms. The van der Waals surface area contributed by atoms with Gasteiger partial charge in [-0.15, -0.1) is 0 Å². The molecule has 4 rings (SSSR count). The standard InChI is InChI=1S/C20H27N3O3S/c21-12-17-13-22(15-19(17)16-6-2-1-3-7-16)14-18-8-9-20(26-18)27(24,25)23-10-4-5-11-23/h1-3,6-9,17,19H,4-5,10-15,21H2/t17-,19+/m1/s1. The summed E-state index contributed by atoms with van der Waals surface area (Å²) in [6.45, 7) is 4.22. The van der Waals surface area contributed by atoms with Crippen molar-refractivity contribution in [1.82, 2.24) is 9.21 Å². The third kappa shape index (κ3) is 3.82. The van der Waals surface area contributed by atoms with Crippen LogP contribution in [0.3, 0.4) is 0 Å². The Labute approximate surface area is 161 Å². The molecule has 3 heterocycles. The lowest BCUT2D eigenvalue weighted by Crippen LogP contribution is -2.27. The summed E-state index contributed by atoms with van der Waals surface area (Å²) in [4.78, 5) is 2.31. The summed E-state index contributed by atoms with van der Waals surface area (Å²) in [5.41, 5.74) is 7.33. The summed E-state index contributed by atoms with van der Waals surface area (Å²) >= 11 is 0. The highest BCUT2D eigenvalue weighted by molar-refractivity contribution is 7.89. The summed E-state index contributed by atoms with van der Waals surface area (Å²) in [6.07, 6.45) is 1.84. The van der Waals surface area contributed by atoms with Crippen LogP contribution < -0.4 is 5.73 Å². The second kappa shape index (κ2) is 7.75. The van der Waals surface area contributed by atoms with Gasteiger partial charge in [0.1, 0.15) is 5.76 Å². The van der Waals surface area contributed by atoms with Crippen LogP contribution in [-0.4, -0.2) is 50.3 Å². The van der Waals surface area contributed by atoms with Crippen molar-refractivity contribution >= 4 is 10.0 Å². The molecule has 146 valence electrons. The molecule has 0 unspecified atom stereocenters. The van der Waals surface area contributed by atoms with E-state index in [0.717, 1.165) is 25.9 Å². The van der Waals surface area contributed by atoms with E-state index in [1.807, 2.05) is 6.07 Å². The van der Waals surface area contributed by atoms with E-state index < -0.39 is 10.0 Å². The van der Waals surface area contributed by atoms with Gasteiger partial charge in [-0.2, -0.15) is 4.31 Å². The van der Waals surface area contributed by atoms with Crippen LogP contribution in [0, 0.1) is 5.92 Å². The molecule has 1 aromatic heterocycles. The van der Waals surface area contributed by atoms with Crippen LogP contribution in [0.25, 0.3) is 0 Å². The Morgan fingerprint density at radius 3 is 2.48 bits per heavy atom. The molecule has 0 spiro atoms. The highest BCUT2D eigenvalue weighted by Crippen LogP contribution is 2.33. The number of hydrogen-bond acceptors (Lipinski definition) is 5. The molecule has 0 radical (unpaired) electrons. The predicted molar refractivity (Wildman–Crippen MR) is 104 cm³/mol. The fraction of sp³-hybridized carbons (Fsp3) is 0.500. The fourth-order valence-corrected chi connectivity index (χ4v) is 5.71. The van der Waals surface area contributed by atoms with Crippen LogP contribution in [0.4, 0.5) is 0 Å². The topological polar surface area (TPSA) is 79.8 Å². The average molecular weight is 390 g/mol. The summed E-state index contributed by atoms with van der Waals surface area (Å²) in [7, 11) is -3.49. The van der Waals surface area contributed by atoms with Gasteiger partial charge in [-0.05, 0) is 43.0 Å². The maximum absolute atomic E-state index is 12.6. The van der Waals surface area contributed by atoms with Crippen molar-refractivity contribution < 1.29 is 12.8 Å². The van der Waals surface area contributed by atoms with E-state index in [-0.39, 0.29) is 5.09 Å². The molecular formula is C20H27N3O3S. The number of furan rings is 1. The summed E-state index contributed by atoms with van der Waals surface area (Å²) in [5, 5.41) is 0.0635.